The number of aryl methyl sites for hydroxylation is 2. The lowest BCUT2D eigenvalue weighted by atomic mass is 10.1. The third kappa shape index (κ3) is 7.75. The molecule has 0 saturated carbocycles. The fraction of sp³-hybridized carbons (Fsp3) is 0.417. The van der Waals surface area contributed by atoms with E-state index in [1.807, 2.05) is 26.8 Å². The summed E-state index contributed by atoms with van der Waals surface area (Å²) in [4.78, 5) is 27.5. The first kappa shape index (κ1) is 26.7. The van der Waals surface area contributed by atoms with Gasteiger partial charge in [0, 0.05) is 18.1 Å². The summed E-state index contributed by atoms with van der Waals surface area (Å²) in [5.74, 6) is -0.789. The fourth-order valence-corrected chi connectivity index (χ4v) is 4.57. The van der Waals surface area contributed by atoms with E-state index in [0.717, 1.165) is 33.7 Å². The lowest BCUT2D eigenvalue weighted by molar-refractivity contribution is -0.139. The lowest BCUT2D eigenvalue weighted by Gasteiger charge is -2.31. The molecule has 0 aromatic heterocycles. The number of hydrogen-bond acceptors (Lipinski definition) is 4. The van der Waals surface area contributed by atoms with E-state index in [4.69, 9.17) is 11.6 Å². The van der Waals surface area contributed by atoms with E-state index in [0.29, 0.717) is 17.3 Å². The van der Waals surface area contributed by atoms with Crippen molar-refractivity contribution < 1.29 is 18.0 Å². The van der Waals surface area contributed by atoms with Crippen LogP contribution in [0.25, 0.3) is 0 Å². The molecule has 2 amide bonds. The monoisotopic (exact) mass is 493 g/mol. The van der Waals surface area contributed by atoms with E-state index < -0.39 is 28.5 Å². The second-order valence-electron chi connectivity index (χ2n) is 8.23. The summed E-state index contributed by atoms with van der Waals surface area (Å²) in [6.45, 7) is 7.48. The molecule has 0 spiro atoms. The van der Waals surface area contributed by atoms with Crippen molar-refractivity contribution in [2.24, 2.45) is 0 Å². The van der Waals surface area contributed by atoms with Crippen LogP contribution in [0.15, 0.2) is 42.5 Å². The Kier molecular flexibility index (Phi) is 9.31. The van der Waals surface area contributed by atoms with E-state index in [1.54, 1.807) is 43.3 Å². The van der Waals surface area contributed by atoms with E-state index >= 15 is 0 Å². The number of hydrogen-bond donors (Lipinski definition) is 1. The van der Waals surface area contributed by atoms with Crippen LogP contribution in [-0.2, 0) is 26.2 Å². The molecule has 0 aliphatic carbocycles. The number of carbonyl (C=O) groups excluding carboxylic acids is 2. The van der Waals surface area contributed by atoms with Gasteiger partial charge in [-0.2, -0.15) is 0 Å². The van der Waals surface area contributed by atoms with Crippen molar-refractivity contribution in [2.75, 3.05) is 23.7 Å². The number of nitrogens with one attached hydrogen (secondary N) is 1. The van der Waals surface area contributed by atoms with Gasteiger partial charge in [0.2, 0.25) is 21.8 Å². The minimum absolute atomic E-state index is 0.116. The minimum Gasteiger partial charge on any atom is -0.354 e. The Hall–Kier alpha value is -2.58. The van der Waals surface area contributed by atoms with Crippen LogP contribution in [0.2, 0.25) is 5.02 Å². The van der Waals surface area contributed by atoms with Crippen LogP contribution >= 0.6 is 11.6 Å². The molecule has 0 bridgehead atoms. The van der Waals surface area contributed by atoms with Crippen LogP contribution in [0.3, 0.4) is 0 Å². The van der Waals surface area contributed by atoms with Crippen LogP contribution in [0, 0.1) is 13.8 Å². The second kappa shape index (κ2) is 11.5. The summed E-state index contributed by atoms with van der Waals surface area (Å²) in [5.41, 5.74) is 2.92. The highest BCUT2D eigenvalue weighted by molar-refractivity contribution is 7.92. The number of amides is 2. The second-order valence-corrected chi connectivity index (χ2v) is 10.6. The average Bonchev–Trinajstić information content (AvgIpc) is 2.71. The summed E-state index contributed by atoms with van der Waals surface area (Å²) >= 11 is 6.10. The molecule has 0 aliphatic rings. The zero-order chi connectivity index (χ0) is 24.8. The topological polar surface area (TPSA) is 86.8 Å². The zero-order valence-electron chi connectivity index (χ0n) is 19.8. The molecule has 0 aliphatic heterocycles. The predicted molar refractivity (Wildman–Crippen MR) is 133 cm³/mol. The van der Waals surface area contributed by atoms with Gasteiger partial charge >= 0.3 is 0 Å². The molecule has 180 valence electrons. The molecule has 1 N–H and O–H groups in total. The average molecular weight is 494 g/mol. The third-order valence-corrected chi connectivity index (χ3v) is 6.51. The first-order valence-electron chi connectivity index (χ1n) is 10.8. The molecule has 0 fully saturated rings. The van der Waals surface area contributed by atoms with Gasteiger partial charge < -0.3 is 10.2 Å². The van der Waals surface area contributed by atoms with Gasteiger partial charge in [-0.3, -0.25) is 13.9 Å². The Balaban J connectivity index is 2.40. The summed E-state index contributed by atoms with van der Waals surface area (Å²) in [7, 11) is -3.76. The molecular formula is C24H32ClN3O4S. The lowest BCUT2D eigenvalue weighted by Crippen LogP contribution is -2.51. The number of anilines is 1. The van der Waals surface area contributed by atoms with Crippen molar-refractivity contribution in [3.8, 4) is 0 Å². The number of carbonyl (C=O) groups is 2. The van der Waals surface area contributed by atoms with Crippen molar-refractivity contribution in [2.45, 2.75) is 46.7 Å². The maximum absolute atomic E-state index is 13.5. The SMILES string of the molecule is CCCNC(=O)C(C)N(Cc1cccc(Cl)c1)C(=O)CN(c1cc(C)cc(C)c1)S(C)(=O)=O. The van der Waals surface area contributed by atoms with E-state index in [2.05, 4.69) is 5.32 Å². The zero-order valence-corrected chi connectivity index (χ0v) is 21.3. The maximum Gasteiger partial charge on any atom is 0.244 e. The number of benzene rings is 2. The fourth-order valence-electron chi connectivity index (χ4n) is 3.52. The van der Waals surface area contributed by atoms with Gasteiger partial charge in [-0.15, -0.1) is 0 Å². The van der Waals surface area contributed by atoms with Crippen LogP contribution in [-0.4, -0.2) is 50.5 Å². The Labute approximate surface area is 201 Å². The number of halogens is 1. The molecule has 0 saturated heterocycles. The first-order chi connectivity index (χ1) is 15.4. The van der Waals surface area contributed by atoms with Gasteiger partial charge in [0.15, 0.2) is 0 Å². The van der Waals surface area contributed by atoms with Gasteiger partial charge in [0.1, 0.15) is 12.6 Å². The molecule has 9 heteroatoms. The van der Waals surface area contributed by atoms with Crippen LogP contribution < -0.4 is 9.62 Å². The Morgan fingerprint density at radius 1 is 1.09 bits per heavy atom. The largest absolute Gasteiger partial charge is 0.354 e. The normalized spacial score (nSPS) is 12.2. The van der Waals surface area contributed by atoms with E-state index in [-0.39, 0.29) is 12.5 Å². The Bertz CT molecular complexity index is 1080. The summed E-state index contributed by atoms with van der Waals surface area (Å²) in [6, 6.07) is 11.6. The highest BCUT2D eigenvalue weighted by Gasteiger charge is 2.30. The highest BCUT2D eigenvalue weighted by Crippen LogP contribution is 2.22. The van der Waals surface area contributed by atoms with Crippen LogP contribution in [0.4, 0.5) is 5.69 Å². The Morgan fingerprint density at radius 2 is 1.73 bits per heavy atom. The quantitative estimate of drug-likeness (QED) is 0.547. The predicted octanol–water partition coefficient (Wildman–Crippen LogP) is 3.67. The molecule has 2 rings (SSSR count). The van der Waals surface area contributed by atoms with Crippen molar-refractivity contribution in [1.29, 1.82) is 0 Å². The standard InChI is InChI=1S/C24H32ClN3O4S/c1-6-10-26-24(30)19(4)27(15-20-8-7-9-21(25)14-20)23(29)16-28(33(5,31)32)22-12-17(2)11-18(3)13-22/h7-9,11-14,19H,6,10,15-16H2,1-5H3,(H,26,30). The summed E-state index contributed by atoms with van der Waals surface area (Å²) in [6.07, 6.45) is 1.83. The van der Waals surface area contributed by atoms with Crippen molar-refractivity contribution >= 4 is 39.1 Å². The van der Waals surface area contributed by atoms with Crippen molar-refractivity contribution in [3.05, 3.63) is 64.2 Å². The Morgan fingerprint density at radius 3 is 2.27 bits per heavy atom. The van der Waals surface area contributed by atoms with Crippen molar-refractivity contribution in [1.82, 2.24) is 10.2 Å². The molecule has 33 heavy (non-hydrogen) atoms. The minimum atomic E-state index is -3.76. The molecule has 2 aromatic rings. The molecular weight excluding hydrogens is 462 g/mol. The molecule has 0 radical (unpaired) electrons. The number of sulfonamides is 1. The van der Waals surface area contributed by atoms with Gasteiger partial charge in [0.25, 0.3) is 0 Å². The summed E-state index contributed by atoms with van der Waals surface area (Å²) in [5, 5.41) is 3.31. The molecule has 1 unspecified atom stereocenters. The smallest absolute Gasteiger partial charge is 0.244 e. The molecule has 1 atom stereocenters. The number of nitrogens with zero attached hydrogens (tertiary/aromatic N) is 2. The van der Waals surface area contributed by atoms with E-state index in [1.165, 1.54) is 4.90 Å². The first-order valence-corrected chi connectivity index (χ1v) is 13.0. The van der Waals surface area contributed by atoms with Gasteiger partial charge in [-0.1, -0.05) is 36.7 Å². The molecule has 7 nitrogen and oxygen atoms in total. The third-order valence-electron chi connectivity index (χ3n) is 5.13. The van der Waals surface area contributed by atoms with Gasteiger partial charge in [-0.25, -0.2) is 8.42 Å². The van der Waals surface area contributed by atoms with Gasteiger partial charge in [0.05, 0.1) is 11.9 Å². The molecule has 0 heterocycles. The van der Waals surface area contributed by atoms with Crippen LogP contribution in [0.1, 0.15) is 37.0 Å². The van der Waals surface area contributed by atoms with E-state index in [9.17, 15) is 18.0 Å². The highest BCUT2D eigenvalue weighted by atomic mass is 35.5. The van der Waals surface area contributed by atoms with Crippen LogP contribution in [0.5, 0.6) is 0 Å². The molecule has 2 aromatic carbocycles. The van der Waals surface area contributed by atoms with Crippen molar-refractivity contribution in [3.63, 3.8) is 0 Å². The number of rotatable bonds is 10. The van der Waals surface area contributed by atoms with Gasteiger partial charge in [-0.05, 0) is 68.1 Å². The summed E-state index contributed by atoms with van der Waals surface area (Å²) < 4.78 is 26.3. The maximum atomic E-state index is 13.5.